The van der Waals surface area contributed by atoms with E-state index in [0.29, 0.717) is 16.4 Å². The molecule has 1 aliphatic rings. The van der Waals surface area contributed by atoms with Gasteiger partial charge >= 0.3 is 0 Å². The summed E-state index contributed by atoms with van der Waals surface area (Å²) in [5, 5.41) is 10.9. The number of aliphatic hydroxyl groups excluding tert-OH is 1. The van der Waals surface area contributed by atoms with Crippen LogP contribution < -0.4 is 5.73 Å². The van der Waals surface area contributed by atoms with Gasteiger partial charge in [0, 0.05) is 35.9 Å². The summed E-state index contributed by atoms with van der Waals surface area (Å²) >= 11 is 7.73. The van der Waals surface area contributed by atoms with Crippen LogP contribution in [0.2, 0.25) is 5.02 Å². The van der Waals surface area contributed by atoms with Crippen molar-refractivity contribution in [2.45, 2.75) is 12.1 Å². The summed E-state index contributed by atoms with van der Waals surface area (Å²) in [6.45, 7) is 0.973. The van der Waals surface area contributed by atoms with Crippen molar-refractivity contribution in [3.05, 3.63) is 22.8 Å². The highest BCUT2D eigenvalue weighted by Gasteiger charge is 2.29. The number of anilines is 1. The topological polar surface area (TPSA) is 62.4 Å². The Kier molecular flexibility index (Phi) is 4.14. The van der Waals surface area contributed by atoms with Gasteiger partial charge in [0.2, 0.25) is 0 Å². The first-order chi connectivity index (χ1) is 8.09. The molecule has 3 N–H and O–H groups in total. The van der Waals surface area contributed by atoms with E-state index < -0.39 is 6.10 Å². The van der Waals surface area contributed by atoms with Gasteiger partial charge in [-0.15, -0.1) is 0 Å². The molecule has 0 spiro atoms. The summed E-state index contributed by atoms with van der Waals surface area (Å²) in [5.41, 5.74) is 6.41. The van der Waals surface area contributed by atoms with E-state index in [2.05, 4.69) is 9.88 Å². The van der Waals surface area contributed by atoms with E-state index in [-0.39, 0.29) is 6.04 Å². The number of halogens is 1. The molecular weight excluding hydrogens is 258 g/mol. The number of thioether (sulfide) groups is 1. The number of likely N-dealkylation sites (N-methyl/N-ethyl adjacent to an activating group) is 1. The molecule has 4 nitrogen and oxygen atoms in total. The Bertz CT molecular complexity index is 404. The zero-order chi connectivity index (χ0) is 12.4. The average Bonchev–Trinajstić information content (AvgIpc) is 2.32. The third-order valence-electron chi connectivity index (χ3n) is 3.04. The van der Waals surface area contributed by atoms with E-state index >= 15 is 0 Å². The molecule has 17 heavy (non-hydrogen) atoms. The van der Waals surface area contributed by atoms with Crippen molar-refractivity contribution in [2.75, 3.05) is 30.8 Å². The summed E-state index contributed by atoms with van der Waals surface area (Å²) in [5.74, 6) is 2.35. The van der Waals surface area contributed by atoms with Crippen molar-refractivity contribution < 1.29 is 5.11 Å². The van der Waals surface area contributed by atoms with Crippen LogP contribution in [0, 0.1) is 0 Å². The molecule has 2 rings (SSSR count). The van der Waals surface area contributed by atoms with Crippen LogP contribution in [0.1, 0.15) is 11.7 Å². The van der Waals surface area contributed by atoms with Gasteiger partial charge in [-0.2, -0.15) is 11.8 Å². The van der Waals surface area contributed by atoms with Crippen LogP contribution in [0.4, 0.5) is 5.82 Å². The third-order valence-corrected chi connectivity index (χ3v) is 4.30. The molecule has 1 aliphatic heterocycles. The van der Waals surface area contributed by atoms with Crippen LogP contribution in [0.5, 0.6) is 0 Å². The highest BCUT2D eigenvalue weighted by molar-refractivity contribution is 7.99. The second-order valence-corrected chi connectivity index (χ2v) is 5.78. The number of nitrogen functional groups attached to an aromatic ring is 1. The van der Waals surface area contributed by atoms with Crippen molar-refractivity contribution in [3.8, 4) is 0 Å². The number of nitrogens with zero attached hydrogens (tertiary/aromatic N) is 2. The zero-order valence-electron chi connectivity index (χ0n) is 9.64. The van der Waals surface area contributed by atoms with E-state index in [9.17, 15) is 5.11 Å². The Hall–Kier alpha value is -0.490. The van der Waals surface area contributed by atoms with Gasteiger partial charge in [-0.25, -0.2) is 4.98 Å². The lowest BCUT2D eigenvalue weighted by Crippen LogP contribution is -2.43. The van der Waals surface area contributed by atoms with Gasteiger partial charge in [-0.3, -0.25) is 4.90 Å². The molecule has 6 heteroatoms. The monoisotopic (exact) mass is 273 g/mol. The molecule has 0 amide bonds. The van der Waals surface area contributed by atoms with Crippen LogP contribution >= 0.6 is 23.4 Å². The van der Waals surface area contributed by atoms with Gasteiger partial charge in [0.15, 0.2) is 0 Å². The summed E-state index contributed by atoms with van der Waals surface area (Å²) in [7, 11) is 2.02. The van der Waals surface area contributed by atoms with Gasteiger partial charge in [0.05, 0.1) is 11.1 Å². The second kappa shape index (κ2) is 5.44. The molecule has 2 heterocycles. The molecule has 0 saturated carbocycles. The molecule has 94 valence electrons. The van der Waals surface area contributed by atoms with Crippen LogP contribution in [0.15, 0.2) is 12.3 Å². The molecule has 2 atom stereocenters. The predicted molar refractivity (Wildman–Crippen MR) is 72.4 cm³/mol. The summed E-state index contributed by atoms with van der Waals surface area (Å²) in [6, 6.07) is 1.76. The molecule has 0 bridgehead atoms. The lowest BCUT2D eigenvalue weighted by atomic mass is 10.0. The first-order valence-corrected chi connectivity index (χ1v) is 7.00. The van der Waals surface area contributed by atoms with Crippen molar-refractivity contribution in [1.82, 2.24) is 9.88 Å². The van der Waals surface area contributed by atoms with Gasteiger partial charge < -0.3 is 10.8 Å². The Balaban J connectivity index is 2.23. The van der Waals surface area contributed by atoms with E-state index in [1.165, 1.54) is 6.20 Å². The molecule has 0 radical (unpaired) electrons. The number of aromatic nitrogens is 1. The fraction of sp³-hybridized carbons (Fsp3) is 0.545. The molecule has 1 aromatic heterocycles. The number of nitrogens with two attached hydrogens (primary N) is 1. The summed E-state index contributed by atoms with van der Waals surface area (Å²) in [6.07, 6.45) is 0.853. The fourth-order valence-corrected chi connectivity index (χ4v) is 3.38. The highest BCUT2D eigenvalue weighted by atomic mass is 35.5. The summed E-state index contributed by atoms with van der Waals surface area (Å²) in [4.78, 5) is 6.13. The van der Waals surface area contributed by atoms with E-state index in [1.54, 1.807) is 6.07 Å². The van der Waals surface area contributed by atoms with E-state index in [4.69, 9.17) is 17.3 Å². The van der Waals surface area contributed by atoms with Crippen LogP contribution in [0.25, 0.3) is 0 Å². The minimum absolute atomic E-state index is 0.0660. The fourth-order valence-electron chi connectivity index (χ4n) is 1.95. The smallest absolute Gasteiger partial charge is 0.129 e. The molecule has 2 unspecified atom stereocenters. The van der Waals surface area contributed by atoms with Crippen molar-refractivity contribution in [1.29, 1.82) is 0 Å². The SMILES string of the molecule is CN1CCSCC1C(O)c1cc(Cl)cnc1N. The average molecular weight is 274 g/mol. The maximum atomic E-state index is 10.4. The Labute approximate surface area is 110 Å². The lowest BCUT2D eigenvalue weighted by molar-refractivity contribution is 0.0762. The van der Waals surface area contributed by atoms with E-state index in [1.807, 2.05) is 18.8 Å². The number of rotatable bonds is 2. The first kappa shape index (κ1) is 13.0. The number of hydrogen-bond donors (Lipinski definition) is 2. The standard InChI is InChI=1S/C11H16ClN3OS/c1-15-2-3-17-6-9(15)10(16)8-4-7(12)5-14-11(8)13/h4-5,9-10,16H,2-3,6H2,1H3,(H2,13,14). The quantitative estimate of drug-likeness (QED) is 0.853. The van der Waals surface area contributed by atoms with Crippen molar-refractivity contribution in [2.24, 2.45) is 0 Å². The largest absolute Gasteiger partial charge is 0.387 e. The Morgan fingerprint density at radius 1 is 1.71 bits per heavy atom. The third kappa shape index (κ3) is 2.85. The minimum atomic E-state index is -0.640. The van der Waals surface area contributed by atoms with E-state index in [0.717, 1.165) is 18.1 Å². The molecular formula is C11H16ClN3OS. The van der Waals surface area contributed by atoms with Gasteiger partial charge in [-0.1, -0.05) is 11.6 Å². The van der Waals surface area contributed by atoms with Crippen LogP contribution in [-0.2, 0) is 0 Å². The maximum Gasteiger partial charge on any atom is 0.129 e. The normalized spacial score (nSPS) is 23.6. The maximum absolute atomic E-state index is 10.4. The van der Waals surface area contributed by atoms with Gasteiger partial charge in [0.25, 0.3) is 0 Å². The zero-order valence-corrected chi connectivity index (χ0v) is 11.2. The van der Waals surface area contributed by atoms with Gasteiger partial charge in [0.1, 0.15) is 5.82 Å². The highest BCUT2D eigenvalue weighted by Crippen LogP contribution is 2.30. The first-order valence-electron chi connectivity index (χ1n) is 5.46. The molecule has 0 aromatic carbocycles. The number of hydrogen-bond acceptors (Lipinski definition) is 5. The Morgan fingerprint density at radius 2 is 2.47 bits per heavy atom. The van der Waals surface area contributed by atoms with Crippen molar-refractivity contribution in [3.63, 3.8) is 0 Å². The number of pyridine rings is 1. The Morgan fingerprint density at radius 3 is 3.18 bits per heavy atom. The summed E-state index contributed by atoms with van der Waals surface area (Å²) < 4.78 is 0. The lowest BCUT2D eigenvalue weighted by Gasteiger charge is -2.35. The molecule has 1 fully saturated rings. The predicted octanol–water partition coefficient (Wildman–Crippen LogP) is 1.40. The molecule has 0 aliphatic carbocycles. The minimum Gasteiger partial charge on any atom is -0.387 e. The molecule has 1 saturated heterocycles. The van der Waals surface area contributed by atoms with Gasteiger partial charge in [-0.05, 0) is 13.1 Å². The molecule has 1 aromatic rings. The van der Waals surface area contributed by atoms with Crippen LogP contribution in [0.3, 0.4) is 0 Å². The number of aliphatic hydroxyl groups is 1. The van der Waals surface area contributed by atoms with Crippen LogP contribution in [-0.4, -0.2) is 46.1 Å². The van der Waals surface area contributed by atoms with Crippen molar-refractivity contribution >= 4 is 29.2 Å². The second-order valence-electron chi connectivity index (χ2n) is 4.20.